The largest absolute Gasteiger partial charge is 0.489 e. The maximum Gasteiger partial charge on any atom is 0.119 e. The van der Waals surface area contributed by atoms with E-state index in [-0.39, 0.29) is 0 Å². The molecule has 0 spiro atoms. The Morgan fingerprint density at radius 1 is 0.818 bits per heavy atom. The number of hydrogen-bond donors (Lipinski definition) is 1. The van der Waals surface area contributed by atoms with E-state index in [0.29, 0.717) is 18.1 Å². The van der Waals surface area contributed by atoms with Crippen molar-refractivity contribution in [1.29, 1.82) is 5.26 Å². The summed E-state index contributed by atoms with van der Waals surface area (Å²) in [6, 6.07) is 34.6. The summed E-state index contributed by atoms with van der Waals surface area (Å²) in [4.78, 5) is 0. The molecule has 5 rings (SSSR count). The average molecular weight is 432 g/mol. The number of aliphatic hydroxyl groups excluding tert-OH is 1. The molecule has 2 atom stereocenters. The average Bonchev–Trinajstić information content (AvgIpc) is 2.88. The number of nitrogens with zero attached hydrogens (tertiary/aromatic N) is 1. The molecule has 0 radical (unpaired) electrons. The first-order chi connectivity index (χ1) is 16.2. The fourth-order valence-electron chi connectivity index (χ4n) is 4.58. The maximum absolute atomic E-state index is 10.6. The van der Waals surface area contributed by atoms with E-state index in [1.807, 2.05) is 36.4 Å². The molecule has 4 aromatic carbocycles. The third-order valence-corrected chi connectivity index (χ3v) is 6.45. The van der Waals surface area contributed by atoms with Crippen molar-refractivity contribution in [3.63, 3.8) is 0 Å². The van der Waals surface area contributed by atoms with Crippen LogP contribution >= 0.6 is 0 Å². The fraction of sp³-hybridized carbons (Fsp3) is 0.167. The molecule has 1 aliphatic rings. The molecule has 0 fully saturated rings. The number of aliphatic hydroxyl groups is 1. The number of benzene rings is 4. The Balaban J connectivity index is 1.23. The Hall–Kier alpha value is -3.87. The van der Waals surface area contributed by atoms with Gasteiger partial charge >= 0.3 is 0 Å². The van der Waals surface area contributed by atoms with E-state index >= 15 is 0 Å². The molecule has 2 unspecified atom stereocenters. The number of ether oxygens (including phenoxy) is 1. The minimum absolute atomic E-state index is 0.335. The zero-order chi connectivity index (χ0) is 22.6. The van der Waals surface area contributed by atoms with Gasteiger partial charge in [0.15, 0.2) is 0 Å². The lowest BCUT2D eigenvalue weighted by atomic mass is 9.78. The van der Waals surface area contributed by atoms with E-state index < -0.39 is 6.10 Å². The van der Waals surface area contributed by atoms with Gasteiger partial charge in [0.2, 0.25) is 0 Å². The lowest BCUT2D eigenvalue weighted by Gasteiger charge is -2.29. The molecule has 1 aliphatic carbocycles. The summed E-state index contributed by atoms with van der Waals surface area (Å²) in [5.74, 6) is 1.15. The molecule has 0 aromatic heterocycles. The van der Waals surface area contributed by atoms with Crippen molar-refractivity contribution in [2.75, 3.05) is 0 Å². The van der Waals surface area contributed by atoms with E-state index in [1.165, 1.54) is 11.1 Å². The van der Waals surface area contributed by atoms with Crippen LogP contribution in [-0.2, 0) is 13.0 Å². The lowest BCUT2D eigenvalue weighted by molar-refractivity contribution is 0.147. The molecule has 0 saturated carbocycles. The van der Waals surface area contributed by atoms with Crippen LogP contribution in [-0.4, -0.2) is 5.11 Å². The second kappa shape index (κ2) is 9.32. The number of nitriles is 1. The summed E-state index contributed by atoms with van der Waals surface area (Å²) >= 11 is 0. The van der Waals surface area contributed by atoms with Crippen molar-refractivity contribution in [2.45, 2.75) is 31.5 Å². The van der Waals surface area contributed by atoms with Crippen LogP contribution in [0.15, 0.2) is 97.1 Å². The van der Waals surface area contributed by atoms with E-state index in [0.717, 1.165) is 40.8 Å². The SMILES string of the molecule is N#Cc1ccc(COc2ccc(-c3ccc(C4Cc5ccccc5C(O)C4)cc3)cc2)cc1. The standard InChI is InChI=1S/C30H25NO2/c31-19-21-5-7-22(8-6-21)20-33-28-15-13-24(14-16-28)23-9-11-25(12-10-23)27-17-26-3-1-2-4-29(26)30(32)18-27/h1-16,27,30,32H,17-18,20H2. The van der Waals surface area contributed by atoms with Gasteiger partial charge in [-0.15, -0.1) is 0 Å². The Morgan fingerprint density at radius 2 is 1.48 bits per heavy atom. The Bertz CT molecular complexity index is 1270. The zero-order valence-corrected chi connectivity index (χ0v) is 18.3. The first kappa shape index (κ1) is 21.0. The summed E-state index contributed by atoms with van der Waals surface area (Å²) in [6.07, 6.45) is 1.34. The Labute approximate surface area is 194 Å². The summed E-state index contributed by atoms with van der Waals surface area (Å²) in [5.41, 5.74) is 7.58. The van der Waals surface area contributed by atoms with Crippen molar-refractivity contribution in [2.24, 2.45) is 0 Å². The minimum Gasteiger partial charge on any atom is -0.489 e. The van der Waals surface area contributed by atoms with Crippen LogP contribution in [0.1, 0.15) is 46.3 Å². The van der Waals surface area contributed by atoms with Gasteiger partial charge in [-0.3, -0.25) is 0 Å². The van der Waals surface area contributed by atoms with Gasteiger partial charge in [-0.1, -0.05) is 72.8 Å². The first-order valence-electron chi connectivity index (χ1n) is 11.3. The van der Waals surface area contributed by atoms with E-state index in [4.69, 9.17) is 10.00 Å². The number of hydrogen-bond acceptors (Lipinski definition) is 3. The van der Waals surface area contributed by atoms with Crippen molar-refractivity contribution in [3.8, 4) is 22.9 Å². The molecule has 3 nitrogen and oxygen atoms in total. The van der Waals surface area contributed by atoms with Gasteiger partial charge in [-0.05, 0) is 76.4 Å². The highest BCUT2D eigenvalue weighted by Crippen LogP contribution is 2.39. The topological polar surface area (TPSA) is 53.2 Å². The van der Waals surface area contributed by atoms with Gasteiger partial charge in [-0.25, -0.2) is 0 Å². The number of rotatable bonds is 5. The molecule has 0 bridgehead atoms. The van der Waals surface area contributed by atoms with Gasteiger partial charge in [0, 0.05) is 0 Å². The highest BCUT2D eigenvalue weighted by Gasteiger charge is 2.26. The fourth-order valence-corrected chi connectivity index (χ4v) is 4.58. The van der Waals surface area contributed by atoms with Gasteiger partial charge in [0.05, 0.1) is 17.7 Å². The molecule has 33 heavy (non-hydrogen) atoms. The molecular formula is C30H25NO2. The van der Waals surface area contributed by atoms with Gasteiger partial charge in [0.1, 0.15) is 12.4 Å². The highest BCUT2D eigenvalue weighted by atomic mass is 16.5. The summed E-state index contributed by atoms with van der Waals surface area (Å²) in [5, 5.41) is 19.5. The highest BCUT2D eigenvalue weighted by molar-refractivity contribution is 5.64. The monoisotopic (exact) mass is 431 g/mol. The third kappa shape index (κ3) is 4.67. The molecule has 0 heterocycles. The van der Waals surface area contributed by atoms with Crippen molar-refractivity contribution < 1.29 is 9.84 Å². The smallest absolute Gasteiger partial charge is 0.119 e. The lowest BCUT2D eigenvalue weighted by Crippen LogP contribution is -2.17. The van der Waals surface area contributed by atoms with Crippen LogP contribution in [0.4, 0.5) is 0 Å². The maximum atomic E-state index is 10.6. The number of fused-ring (bicyclic) bond motifs is 1. The van der Waals surface area contributed by atoms with Crippen LogP contribution in [0.5, 0.6) is 5.75 Å². The first-order valence-corrected chi connectivity index (χ1v) is 11.3. The molecular weight excluding hydrogens is 406 g/mol. The van der Waals surface area contributed by atoms with Gasteiger partial charge < -0.3 is 9.84 Å². The van der Waals surface area contributed by atoms with E-state index in [2.05, 4.69) is 54.6 Å². The van der Waals surface area contributed by atoms with Crippen LogP contribution in [0.25, 0.3) is 11.1 Å². The normalized spacial score (nSPS) is 17.1. The molecule has 0 saturated heterocycles. The minimum atomic E-state index is -0.392. The predicted octanol–water partition coefficient (Wildman–Crippen LogP) is 6.57. The van der Waals surface area contributed by atoms with Crippen LogP contribution in [0.3, 0.4) is 0 Å². The van der Waals surface area contributed by atoms with Crippen LogP contribution in [0.2, 0.25) is 0 Å². The van der Waals surface area contributed by atoms with Crippen molar-refractivity contribution in [1.82, 2.24) is 0 Å². The van der Waals surface area contributed by atoms with Crippen LogP contribution < -0.4 is 4.74 Å². The van der Waals surface area contributed by atoms with E-state index in [9.17, 15) is 5.11 Å². The summed E-state index contributed by atoms with van der Waals surface area (Å²) in [7, 11) is 0. The molecule has 0 amide bonds. The second-order valence-corrected chi connectivity index (χ2v) is 8.60. The molecule has 1 N–H and O–H groups in total. The summed E-state index contributed by atoms with van der Waals surface area (Å²) < 4.78 is 5.89. The zero-order valence-electron chi connectivity index (χ0n) is 18.3. The van der Waals surface area contributed by atoms with Crippen molar-refractivity contribution >= 4 is 0 Å². The molecule has 162 valence electrons. The molecule has 0 aliphatic heterocycles. The second-order valence-electron chi connectivity index (χ2n) is 8.60. The molecule has 3 heteroatoms. The summed E-state index contributed by atoms with van der Waals surface area (Å²) in [6.45, 7) is 0.468. The van der Waals surface area contributed by atoms with Crippen LogP contribution in [0, 0.1) is 11.3 Å². The quantitative estimate of drug-likeness (QED) is 0.389. The molecule has 4 aromatic rings. The Morgan fingerprint density at radius 3 is 2.18 bits per heavy atom. The Kier molecular flexibility index (Phi) is 5.93. The van der Waals surface area contributed by atoms with Gasteiger partial charge in [0.25, 0.3) is 0 Å². The third-order valence-electron chi connectivity index (χ3n) is 6.45. The van der Waals surface area contributed by atoms with Gasteiger partial charge in [-0.2, -0.15) is 5.26 Å². The van der Waals surface area contributed by atoms with E-state index in [1.54, 1.807) is 12.1 Å². The van der Waals surface area contributed by atoms with Crippen molar-refractivity contribution in [3.05, 3.63) is 125 Å². The predicted molar refractivity (Wildman–Crippen MR) is 130 cm³/mol.